The van der Waals surface area contributed by atoms with Crippen LogP contribution in [0.2, 0.25) is 0 Å². The zero-order valence-corrected chi connectivity index (χ0v) is 12.5. The quantitative estimate of drug-likeness (QED) is 0.754. The minimum Gasteiger partial charge on any atom is -0.354 e. The molecule has 1 N–H and O–H groups in total. The summed E-state index contributed by atoms with van der Waals surface area (Å²) in [6.07, 6.45) is 4.92. The Bertz CT molecular complexity index is 359. The van der Waals surface area contributed by atoms with Crippen molar-refractivity contribution in [3.05, 3.63) is 35.9 Å². The standard InChI is InChI=1S/C17H27NO/c1-14(2)8-7-9-15(3)18-17(19)13-12-16-10-5-4-6-11-16/h4-6,10-11,14-15H,7-9,12-13H2,1-3H3,(H,18,19). The molecule has 1 rings (SSSR count). The zero-order valence-electron chi connectivity index (χ0n) is 12.5. The fraction of sp³-hybridized carbons (Fsp3) is 0.588. The Morgan fingerprint density at radius 2 is 1.79 bits per heavy atom. The van der Waals surface area contributed by atoms with Crippen molar-refractivity contribution in [2.24, 2.45) is 5.92 Å². The Balaban J connectivity index is 2.16. The Kier molecular flexibility index (Phi) is 7.24. The monoisotopic (exact) mass is 261 g/mol. The average Bonchev–Trinajstić information content (AvgIpc) is 2.37. The van der Waals surface area contributed by atoms with Crippen LogP contribution in [-0.4, -0.2) is 11.9 Å². The van der Waals surface area contributed by atoms with Gasteiger partial charge in [-0.1, -0.05) is 57.0 Å². The number of amides is 1. The molecule has 0 saturated heterocycles. The number of carbonyl (C=O) groups excluding carboxylic acids is 1. The van der Waals surface area contributed by atoms with Gasteiger partial charge < -0.3 is 5.32 Å². The SMILES string of the molecule is CC(C)CCCC(C)NC(=O)CCc1ccccc1. The topological polar surface area (TPSA) is 29.1 Å². The minimum atomic E-state index is 0.168. The summed E-state index contributed by atoms with van der Waals surface area (Å²) >= 11 is 0. The molecule has 0 aliphatic heterocycles. The summed E-state index contributed by atoms with van der Waals surface area (Å²) in [7, 11) is 0. The van der Waals surface area contributed by atoms with Crippen molar-refractivity contribution in [1.82, 2.24) is 5.32 Å². The summed E-state index contributed by atoms with van der Waals surface area (Å²) in [6, 6.07) is 10.5. The van der Waals surface area contributed by atoms with Crippen LogP contribution in [0.15, 0.2) is 30.3 Å². The molecule has 0 aliphatic carbocycles. The second-order valence-electron chi connectivity index (χ2n) is 5.78. The first-order valence-corrected chi connectivity index (χ1v) is 7.41. The smallest absolute Gasteiger partial charge is 0.220 e. The summed E-state index contributed by atoms with van der Waals surface area (Å²) in [4.78, 5) is 11.8. The number of nitrogens with one attached hydrogen (secondary N) is 1. The molecule has 0 saturated carbocycles. The predicted octanol–water partition coefficient (Wildman–Crippen LogP) is 3.95. The zero-order chi connectivity index (χ0) is 14.1. The summed E-state index contributed by atoms with van der Waals surface area (Å²) in [5.41, 5.74) is 1.23. The van der Waals surface area contributed by atoms with Crippen molar-refractivity contribution in [1.29, 1.82) is 0 Å². The third-order valence-electron chi connectivity index (χ3n) is 3.31. The van der Waals surface area contributed by atoms with Crippen molar-refractivity contribution >= 4 is 5.91 Å². The highest BCUT2D eigenvalue weighted by Crippen LogP contribution is 2.08. The molecule has 0 radical (unpaired) electrons. The molecular weight excluding hydrogens is 234 g/mol. The van der Waals surface area contributed by atoms with Crippen LogP contribution >= 0.6 is 0 Å². The molecule has 1 aromatic carbocycles. The van der Waals surface area contributed by atoms with Crippen molar-refractivity contribution < 1.29 is 4.79 Å². The highest BCUT2D eigenvalue weighted by atomic mass is 16.1. The van der Waals surface area contributed by atoms with E-state index < -0.39 is 0 Å². The van der Waals surface area contributed by atoms with E-state index in [-0.39, 0.29) is 5.91 Å². The van der Waals surface area contributed by atoms with Crippen LogP contribution in [0.3, 0.4) is 0 Å². The van der Waals surface area contributed by atoms with E-state index in [2.05, 4.69) is 38.2 Å². The molecule has 1 atom stereocenters. The average molecular weight is 261 g/mol. The number of benzene rings is 1. The van der Waals surface area contributed by atoms with E-state index in [9.17, 15) is 4.79 Å². The summed E-state index contributed by atoms with van der Waals surface area (Å²) < 4.78 is 0. The van der Waals surface area contributed by atoms with Crippen molar-refractivity contribution in [2.75, 3.05) is 0 Å². The second kappa shape index (κ2) is 8.73. The lowest BCUT2D eigenvalue weighted by atomic mass is 10.0. The second-order valence-corrected chi connectivity index (χ2v) is 5.78. The third kappa shape index (κ3) is 7.66. The van der Waals surface area contributed by atoms with Gasteiger partial charge in [0.25, 0.3) is 0 Å². The highest BCUT2D eigenvalue weighted by Gasteiger charge is 2.07. The van der Waals surface area contributed by atoms with Gasteiger partial charge in [0.1, 0.15) is 0 Å². The van der Waals surface area contributed by atoms with Gasteiger partial charge in [-0.2, -0.15) is 0 Å². The molecule has 0 heterocycles. The van der Waals surface area contributed by atoms with E-state index in [0.29, 0.717) is 12.5 Å². The summed E-state index contributed by atoms with van der Waals surface area (Å²) in [5, 5.41) is 3.08. The molecule has 106 valence electrons. The Labute approximate surface area is 117 Å². The van der Waals surface area contributed by atoms with E-state index in [0.717, 1.165) is 18.8 Å². The number of hydrogen-bond donors (Lipinski definition) is 1. The molecule has 2 nitrogen and oxygen atoms in total. The molecule has 0 spiro atoms. The maximum absolute atomic E-state index is 11.8. The molecule has 0 aliphatic rings. The van der Waals surface area contributed by atoms with Gasteiger partial charge in [0.2, 0.25) is 5.91 Å². The molecule has 0 aromatic heterocycles. The molecule has 0 bridgehead atoms. The molecule has 0 fully saturated rings. The number of hydrogen-bond acceptors (Lipinski definition) is 1. The van der Waals surface area contributed by atoms with Crippen LogP contribution in [0.4, 0.5) is 0 Å². The van der Waals surface area contributed by atoms with Gasteiger partial charge >= 0.3 is 0 Å². The fourth-order valence-corrected chi connectivity index (χ4v) is 2.15. The first-order chi connectivity index (χ1) is 9.08. The van der Waals surface area contributed by atoms with Gasteiger partial charge in [-0.15, -0.1) is 0 Å². The first-order valence-electron chi connectivity index (χ1n) is 7.41. The summed E-state index contributed by atoms with van der Waals surface area (Å²) in [5.74, 6) is 0.918. The van der Waals surface area contributed by atoms with Gasteiger partial charge in [-0.25, -0.2) is 0 Å². The summed E-state index contributed by atoms with van der Waals surface area (Å²) in [6.45, 7) is 6.58. The largest absolute Gasteiger partial charge is 0.354 e. The molecule has 19 heavy (non-hydrogen) atoms. The maximum atomic E-state index is 11.8. The number of rotatable bonds is 8. The van der Waals surface area contributed by atoms with E-state index in [1.165, 1.54) is 18.4 Å². The van der Waals surface area contributed by atoms with Crippen LogP contribution in [0.5, 0.6) is 0 Å². The van der Waals surface area contributed by atoms with Crippen molar-refractivity contribution in [2.45, 2.75) is 58.9 Å². The molecule has 1 amide bonds. The molecule has 2 heteroatoms. The van der Waals surface area contributed by atoms with Crippen LogP contribution in [0.1, 0.15) is 52.0 Å². The van der Waals surface area contributed by atoms with E-state index in [1.807, 2.05) is 18.2 Å². The number of carbonyl (C=O) groups is 1. The Hall–Kier alpha value is -1.31. The van der Waals surface area contributed by atoms with Crippen LogP contribution in [0.25, 0.3) is 0 Å². The fourth-order valence-electron chi connectivity index (χ4n) is 2.15. The van der Waals surface area contributed by atoms with Gasteiger partial charge in [0, 0.05) is 12.5 Å². The molecule has 1 unspecified atom stereocenters. The maximum Gasteiger partial charge on any atom is 0.220 e. The lowest BCUT2D eigenvalue weighted by Crippen LogP contribution is -2.32. The molecule has 1 aromatic rings. The van der Waals surface area contributed by atoms with Gasteiger partial charge in [-0.05, 0) is 31.2 Å². The van der Waals surface area contributed by atoms with Crippen LogP contribution in [-0.2, 0) is 11.2 Å². The van der Waals surface area contributed by atoms with E-state index in [1.54, 1.807) is 0 Å². The predicted molar refractivity (Wildman–Crippen MR) is 81.1 cm³/mol. The third-order valence-corrected chi connectivity index (χ3v) is 3.31. The van der Waals surface area contributed by atoms with Gasteiger partial charge in [0.05, 0.1) is 0 Å². The van der Waals surface area contributed by atoms with Crippen molar-refractivity contribution in [3.63, 3.8) is 0 Å². The lowest BCUT2D eigenvalue weighted by molar-refractivity contribution is -0.121. The first kappa shape index (κ1) is 15.7. The van der Waals surface area contributed by atoms with E-state index >= 15 is 0 Å². The molecular formula is C17H27NO. The normalized spacial score (nSPS) is 12.4. The van der Waals surface area contributed by atoms with E-state index in [4.69, 9.17) is 0 Å². The van der Waals surface area contributed by atoms with Crippen LogP contribution in [0, 0.1) is 5.92 Å². The van der Waals surface area contributed by atoms with Gasteiger partial charge in [0.15, 0.2) is 0 Å². The van der Waals surface area contributed by atoms with Crippen LogP contribution < -0.4 is 5.32 Å². The Morgan fingerprint density at radius 3 is 2.42 bits per heavy atom. The lowest BCUT2D eigenvalue weighted by Gasteiger charge is -2.14. The van der Waals surface area contributed by atoms with Gasteiger partial charge in [-0.3, -0.25) is 4.79 Å². The van der Waals surface area contributed by atoms with Crippen molar-refractivity contribution in [3.8, 4) is 0 Å². The minimum absolute atomic E-state index is 0.168. The number of aryl methyl sites for hydroxylation is 1. The Morgan fingerprint density at radius 1 is 1.11 bits per heavy atom. The highest BCUT2D eigenvalue weighted by molar-refractivity contribution is 5.76.